The van der Waals surface area contributed by atoms with Gasteiger partial charge in [-0.25, -0.2) is 5.26 Å². The highest BCUT2D eigenvalue weighted by Crippen LogP contribution is 2.18. The summed E-state index contributed by atoms with van der Waals surface area (Å²) < 4.78 is 13.4. The molecule has 2 radical (unpaired) electrons. The fourth-order valence-corrected chi connectivity index (χ4v) is 1.30. The molecule has 8 heteroatoms. The largest absolute Gasteiger partial charge is 0.465 e. The van der Waals surface area contributed by atoms with Gasteiger partial charge in [0.15, 0.2) is 0 Å². The maximum absolute atomic E-state index is 11.4. The Morgan fingerprint density at radius 1 is 1.41 bits per heavy atom. The van der Waals surface area contributed by atoms with Gasteiger partial charge in [0.1, 0.15) is 5.25 Å². The van der Waals surface area contributed by atoms with Crippen molar-refractivity contribution in [1.82, 2.24) is 0 Å². The average molecular weight is 266 g/mol. The third-order valence-electron chi connectivity index (χ3n) is 1.49. The van der Waals surface area contributed by atoms with E-state index in [2.05, 4.69) is 14.1 Å². The third-order valence-corrected chi connectivity index (χ3v) is 2.22. The summed E-state index contributed by atoms with van der Waals surface area (Å²) in [4.78, 5) is 22.6. The van der Waals surface area contributed by atoms with Crippen molar-refractivity contribution in [3.8, 4) is 0 Å². The molecule has 0 aliphatic heterocycles. The van der Waals surface area contributed by atoms with Gasteiger partial charge in [-0.3, -0.25) is 9.59 Å². The average Bonchev–Trinajstić information content (AvgIpc) is 2.31. The quantitative estimate of drug-likeness (QED) is 0.286. The fourth-order valence-electron chi connectivity index (χ4n) is 0.820. The Labute approximate surface area is 103 Å². The van der Waals surface area contributed by atoms with E-state index in [0.717, 1.165) is 0 Å². The summed E-state index contributed by atoms with van der Waals surface area (Å²) >= 11 is 0.446. The van der Waals surface area contributed by atoms with Crippen molar-refractivity contribution >= 4 is 24.0 Å². The van der Waals surface area contributed by atoms with Crippen molar-refractivity contribution in [2.75, 3.05) is 13.2 Å². The second-order valence-electron chi connectivity index (χ2n) is 2.78. The van der Waals surface area contributed by atoms with Crippen molar-refractivity contribution in [2.24, 2.45) is 0 Å². The molecule has 0 aromatic heterocycles. The Morgan fingerprint density at radius 3 is 2.65 bits per heavy atom. The number of ether oxygens (including phenoxy) is 2. The van der Waals surface area contributed by atoms with Gasteiger partial charge in [-0.1, -0.05) is 12.0 Å². The molecule has 1 atom stereocenters. The maximum Gasteiger partial charge on any atom is 0.322 e. The minimum atomic E-state index is -0.993. The standard InChI is InChI=1S/C9H14O7S/c1-3-5-14-9(11)7(17-16-15-12)6-8(10)13-4-2/h2,7,12H,3-6H2,1H3. The van der Waals surface area contributed by atoms with E-state index in [1.165, 1.54) is 0 Å². The van der Waals surface area contributed by atoms with Gasteiger partial charge >= 0.3 is 11.9 Å². The van der Waals surface area contributed by atoms with Crippen LogP contribution in [0.1, 0.15) is 19.8 Å². The molecule has 7 nitrogen and oxygen atoms in total. The smallest absolute Gasteiger partial charge is 0.322 e. The molecule has 0 fully saturated rings. The van der Waals surface area contributed by atoms with Gasteiger partial charge < -0.3 is 9.47 Å². The van der Waals surface area contributed by atoms with Gasteiger partial charge in [0.2, 0.25) is 0 Å². The number of rotatable bonds is 9. The van der Waals surface area contributed by atoms with Crippen LogP contribution in [-0.4, -0.2) is 35.7 Å². The third kappa shape index (κ3) is 7.97. The van der Waals surface area contributed by atoms with E-state index in [0.29, 0.717) is 18.5 Å². The molecule has 0 aliphatic rings. The lowest BCUT2D eigenvalue weighted by molar-refractivity contribution is -0.432. The van der Waals surface area contributed by atoms with E-state index >= 15 is 0 Å². The van der Waals surface area contributed by atoms with Gasteiger partial charge in [0, 0.05) is 6.92 Å². The predicted molar refractivity (Wildman–Crippen MR) is 57.3 cm³/mol. The molecule has 0 saturated heterocycles. The van der Waals surface area contributed by atoms with Crippen molar-refractivity contribution in [2.45, 2.75) is 25.0 Å². The minimum absolute atomic E-state index is 0.224. The monoisotopic (exact) mass is 266 g/mol. The molecule has 0 amide bonds. The highest BCUT2D eigenvalue weighted by molar-refractivity contribution is 7.95. The zero-order valence-electron chi connectivity index (χ0n) is 9.29. The molecular weight excluding hydrogens is 252 g/mol. The second-order valence-corrected chi connectivity index (χ2v) is 3.68. The summed E-state index contributed by atoms with van der Waals surface area (Å²) in [7, 11) is 0. The van der Waals surface area contributed by atoms with E-state index in [9.17, 15) is 9.59 Å². The van der Waals surface area contributed by atoms with E-state index in [-0.39, 0.29) is 19.6 Å². The molecule has 0 spiro atoms. The van der Waals surface area contributed by atoms with E-state index in [4.69, 9.17) is 16.9 Å². The summed E-state index contributed by atoms with van der Waals surface area (Å²) in [6.45, 7) is 6.77. The Kier molecular flexibility index (Phi) is 9.83. The number of esters is 2. The van der Waals surface area contributed by atoms with Gasteiger partial charge in [-0.05, 0) is 6.42 Å². The zero-order valence-corrected chi connectivity index (χ0v) is 10.1. The van der Waals surface area contributed by atoms with Gasteiger partial charge in [-0.2, -0.15) is 0 Å². The molecule has 0 aliphatic carbocycles. The van der Waals surface area contributed by atoms with Crippen molar-refractivity contribution in [3.05, 3.63) is 6.92 Å². The second kappa shape index (κ2) is 10.3. The molecule has 17 heavy (non-hydrogen) atoms. The molecule has 0 heterocycles. The first-order valence-corrected chi connectivity index (χ1v) is 5.62. The number of carbonyl (C=O) groups excluding carboxylic acids is 2. The van der Waals surface area contributed by atoms with Crippen LogP contribution in [0.5, 0.6) is 0 Å². The first-order chi connectivity index (χ1) is 8.15. The van der Waals surface area contributed by atoms with Crippen molar-refractivity contribution in [1.29, 1.82) is 0 Å². The zero-order chi connectivity index (χ0) is 13.1. The van der Waals surface area contributed by atoms with Gasteiger partial charge in [0.05, 0.1) is 31.7 Å². The number of hydrogen-bond acceptors (Lipinski definition) is 8. The van der Waals surface area contributed by atoms with E-state index < -0.39 is 17.2 Å². The molecule has 1 unspecified atom stereocenters. The molecule has 0 bridgehead atoms. The highest BCUT2D eigenvalue weighted by atomic mass is 32.2. The van der Waals surface area contributed by atoms with Gasteiger partial charge in [-0.15, -0.1) is 4.33 Å². The van der Waals surface area contributed by atoms with Crippen LogP contribution in [0.15, 0.2) is 0 Å². The summed E-state index contributed by atoms with van der Waals surface area (Å²) in [5, 5.41) is 10.3. The summed E-state index contributed by atoms with van der Waals surface area (Å²) in [5.41, 5.74) is 0. The molecular formula is C9H14O7S. The Balaban J connectivity index is 4.20. The summed E-state index contributed by atoms with van der Waals surface area (Å²) in [6.07, 6.45) is 0.349. The first-order valence-electron chi connectivity index (χ1n) is 4.81. The van der Waals surface area contributed by atoms with E-state index in [1.54, 1.807) is 0 Å². The first kappa shape index (κ1) is 16.2. The summed E-state index contributed by atoms with van der Waals surface area (Å²) in [5.74, 6) is -1.34. The summed E-state index contributed by atoms with van der Waals surface area (Å²) in [6, 6.07) is 0. The number of hydrogen-bond donors (Lipinski definition) is 1. The Bertz CT molecular complexity index is 233. The molecule has 0 aromatic rings. The minimum Gasteiger partial charge on any atom is -0.465 e. The lowest BCUT2D eigenvalue weighted by Crippen LogP contribution is -2.25. The normalized spacial score (nSPS) is 11.9. The van der Waals surface area contributed by atoms with Crippen LogP contribution in [0, 0.1) is 6.92 Å². The molecule has 1 N–H and O–H groups in total. The van der Waals surface area contributed by atoms with Crippen LogP contribution in [0.2, 0.25) is 0 Å². The lowest BCUT2D eigenvalue weighted by Gasteiger charge is -2.12. The molecule has 98 valence electrons. The van der Waals surface area contributed by atoms with Crippen LogP contribution < -0.4 is 0 Å². The molecule has 0 rings (SSSR count). The van der Waals surface area contributed by atoms with Crippen LogP contribution >= 0.6 is 12.0 Å². The number of carbonyl (C=O) groups is 2. The maximum atomic E-state index is 11.4. The topological polar surface area (TPSA) is 91.3 Å². The molecule has 0 aromatic carbocycles. The predicted octanol–water partition coefficient (Wildman–Crippen LogP) is 1.02. The Hall–Kier alpha value is -0.830. The molecule has 0 saturated carbocycles. The lowest BCUT2D eigenvalue weighted by atomic mass is 10.3. The van der Waals surface area contributed by atoms with Gasteiger partial charge in [0.25, 0.3) is 0 Å². The van der Waals surface area contributed by atoms with Crippen molar-refractivity contribution in [3.63, 3.8) is 0 Å². The van der Waals surface area contributed by atoms with E-state index in [1.807, 2.05) is 6.92 Å². The van der Waals surface area contributed by atoms with Crippen LogP contribution in [0.4, 0.5) is 0 Å². The van der Waals surface area contributed by atoms with Crippen LogP contribution in [0.25, 0.3) is 0 Å². The highest BCUT2D eigenvalue weighted by Gasteiger charge is 2.26. The SMILES string of the molecule is [CH]COC(=O)CC(SOOO)C(=O)OCCC. The Morgan fingerprint density at radius 2 is 2.12 bits per heavy atom. The van der Waals surface area contributed by atoms with Crippen LogP contribution in [0.3, 0.4) is 0 Å². The van der Waals surface area contributed by atoms with Crippen molar-refractivity contribution < 1.29 is 33.7 Å². The fraction of sp³-hybridized carbons (Fsp3) is 0.667. The van der Waals surface area contributed by atoms with Crippen LogP contribution in [-0.2, 0) is 28.4 Å².